The molecule has 1 unspecified atom stereocenters. The summed E-state index contributed by atoms with van der Waals surface area (Å²) in [6, 6.07) is 0.225. The molecule has 0 aliphatic carbocycles. The van der Waals surface area contributed by atoms with Crippen LogP contribution in [0.15, 0.2) is 12.7 Å². The summed E-state index contributed by atoms with van der Waals surface area (Å²) in [6.45, 7) is 7.47. The van der Waals surface area contributed by atoms with E-state index in [1.165, 1.54) is 0 Å². The summed E-state index contributed by atoms with van der Waals surface area (Å²) in [7, 11) is 0. The number of hydrogen-bond acceptors (Lipinski definition) is 7. The number of anilines is 1. The van der Waals surface area contributed by atoms with Gasteiger partial charge in [0.25, 0.3) is 0 Å². The SMILES string of the molecule is CC(C)(C)OC(O)NC1CCN(c2ncnc3nc[nH]c23)CC1. The lowest BCUT2D eigenvalue weighted by Gasteiger charge is -2.35. The Labute approximate surface area is 135 Å². The Balaban J connectivity index is 1.57. The number of H-pyrrole nitrogens is 1. The highest BCUT2D eigenvalue weighted by Crippen LogP contribution is 2.23. The second kappa shape index (κ2) is 6.38. The Kier molecular flexibility index (Phi) is 4.47. The van der Waals surface area contributed by atoms with Gasteiger partial charge in [-0.2, -0.15) is 0 Å². The number of imidazole rings is 1. The van der Waals surface area contributed by atoms with Crippen LogP contribution in [0.2, 0.25) is 0 Å². The summed E-state index contributed by atoms with van der Waals surface area (Å²) in [5.74, 6) is 0.887. The molecule has 1 aliphatic rings. The number of rotatable bonds is 4. The van der Waals surface area contributed by atoms with E-state index in [0.29, 0.717) is 5.65 Å². The van der Waals surface area contributed by atoms with E-state index in [4.69, 9.17) is 4.74 Å². The standard InChI is InChI=1S/C15H24N6O2/c1-15(2,3)23-14(22)20-10-4-6-21(7-5-10)13-11-12(17-8-16-11)18-9-19-13/h8-10,14,20,22H,4-7H2,1-3H3,(H,16,17,18,19). The van der Waals surface area contributed by atoms with Gasteiger partial charge in [0.1, 0.15) is 11.8 Å². The molecule has 8 heteroatoms. The Morgan fingerprint density at radius 1 is 1.30 bits per heavy atom. The fourth-order valence-corrected chi connectivity index (χ4v) is 2.82. The summed E-state index contributed by atoms with van der Waals surface area (Å²) < 4.78 is 5.50. The lowest BCUT2D eigenvalue weighted by molar-refractivity contribution is -0.186. The molecule has 1 atom stereocenters. The van der Waals surface area contributed by atoms with Crippen LogP contribution in [0.1, 0.15) is 33.6 Å². The second-order valence-corrected chi connectivity index (χ2v) is 6.81. The first kappa shape index (κ1) is 16.1. The van der Waals surface area contributed by atoms with Gasteiger partial charge in [0.2, 0.25) is 6.41 Å². The van der Waals surface area contributed by atoms with Gasteiger partial charge in [-0.25, -0.2) is 15.0 Å². The van der Waals surface area contributed by atoms with Gasteiger partial charge in [-0.15, -0.1) is 0 Å². The number of aliphatic hydroxyl groups is 1. The molecule has 1 aliphatic heterocycles. The van der Waals surface area contributed by atoms with Crippen LogP contribution in [0.4, 0.5) is 5.82 Å². The Morgan fingerprint density at radius 3 is 2.74 bits per heavy atom. The third kappa shape index (κ3) is 3.95. The Bertz CT molecular complexity index is 645. The maximum absolute atomic E-state index is 9.95. The smallest absolute Gasteiger partial charge is 0.214 e. The first-order valence-corrected chi connectivity index (χ1v) is 7.93. The van der Waals surface area contributed by atoms with Crippen molar-refractivity contribution in [1.29, 1.82) is 0 Å². The van der Waals surface area contributed by atoms with Crippen LogP contribution >= 0.6 is 0 Å². The van der Waals surface area contributed by atoms with Gasteiger partial charge in [-0.05, 0) is 33.6 Å². The van der Waals surface area contributed by atoms with E-state index < -0.39 is 6.41 Å². The maximum atomic E-state index is 9.95. The predicted molar refractivity (Wildman–Crippen MR) is 86.9 cm³/mol. The van der Waals surface area contributed by atoms with E-state index in [1.54, 1.807) is 12.7 Å². The molecule has 0 amide bonds. The molecule has 0 spiro atoms. The number of ether oxygens (including phenoxy) is 1. The van der Waals surface area contributed by atoms with Crippen LogP contribution in [0, 0.1) is 0 Å². The quantitative estimate of drug-likeness (QED) is 0.723. The number of hydrogen-bond donors (Lipinski definition) is 3. The molecule has 3 N–H and O–H groups in total. The largest absolute Gasteiger partial charge is 0.356 e. The molecule has 2 aromatic rings. The number of fused-ring (bicyclic) bond motifs is 1. The minimum atomic E-state index is -0.940. The zero-order valence-corrected chi connectivity index (χ0v) is 13.8. The van der Waals surface area contributed by atoms with Crippen molar-refractivity contribution in [2.24, 2.45) is 0 Å². The average molecular weight is 320 g/mol. The van der Waals surface area contributed by atoms with Crippen molar-refractivity contribution in [3.05, 3.63) is 12.7 Å². The fourth-order valence-electron chi connectivity index (χ4n) is 2.82. The number of piperidine rings is 1. The Morgan fingerprint density at radius 2 is 2.04 bits per heavy atom. The van der Waals surface area contributed by atoms with Crippen molar-refractivity contribution < 1.29 is 9.84 Å². The van der Waals surface area contributed by atoms with E-state index in [0.717, 1.165) is 37.3 Å². The van der Waals surface area contributed by atoms with Crippen molar-refractivity contribution in [3.8, 4) is 0 Å². The van der Waals surface area contributed by atoms with Gasteiger partial charge in [-0.3, -0.25) is 5.32 Å². The maximum Gasteiger partial charge on any atom is 0.214 e. The molecule has 126 valence electrons. The molecule has 0 bridgehead atoms. The first-order chi connectivity index (χ1) is 10.9. The van der Waals surface area contributed by atoms with Crippen molar-refractivity contribution in [3.63, 3.8) is 0 Å². The molecule has 0 radical (unpaired) electrons. The van der Waals surface area contributed by atoms with Crippen LogP contribution in [0.25, 0.3) is 11.2 Å². The topological polar surface area (TPSA) is 99.2 Å². The summed E-state index contributed by atoms with van der Waals surface area (Å²) in [6.07, 6.45) is 4.06. The van der Waals surface area contributed by atoms with Crippen LogP contribution in [-0.2, 0) is 4.74 Å². The highest BCUT2D eigenvalue weighted by Gasteiger charge is 2.25. The van der Waals surface area contributed by atoms with E-state index in [9.17, 15) is 5.11 Å². The molecular weight excluding hydrogens is 296 g/mol. The molecular formula is C15H24N6O2. The van der Waals surface area contributed by atoms with Crippen LogP contribution in [0.5, 0.6) is 0 Å². The molecule has 0 saturated carbocycles. The van der Waals surface area contributed by atoms with Gasteiger partial charge in [0, 0.05) is 19.1 Å². The minimum absolute atomic E-state index is 0.225. The van der Waals surface area contributed by atoms with E-state index in [2.05, 4.69) is 30.2 Å². The highest BCUT2D eigenvalue weighted by molar-refractivity contribution is 5.82. The lowest BCUT2D eigenvalue weighted by Crippen LogP contribution is -2.49. The van der Waals surface area contributed by atoms with Crippen LogP contribution < -0.4 is 10.2 Å². The van der Waals surface area contributed by atoms with Gasteiger partial charge in [-0.1, -0.05) is 0 Å². The minimum Gasteiger partial charge on any atom is -0.356 e. The molecule has 0 aromatic carbocycles. The van der Waals surface area contributed by atoms with Crippen molar-refractivity contribution in [2.75, 3.05) is 18.0 Å². The zero-order valence-electron chi connectivity index (χ0n) is 13.8. The summed E-state index contributed by atoms with van der Waals surface area (Å²) in [5, 5.41) is 13.1. The molecule has 1 fully saturated rings. The number of aromatic amines is 1. The van der Waals surface area contributed by atoms with Gasteiger partial charge >= 0.3 is 0 Å². The van der Waals surface area contributed by atoms with Crippen molar-refractivity contribution in [2.45, 2.75) is 51.7 Å². The molecule has 23 heavy (non-hydrogen) atoms. The summed E-state index contributed by atoms with van der Waals surface area (Å²) in [5.41, 5.74) is 1.18. The van der Waals surface area contributed by atoms with Crippen molar-refractivity contribution in [1.82, 2.24) is 25.3 Å². The lowest BCUT2D eigenvalue weighted by atomic mass is 10.1. The highest BCUT2D eigenvalue weighted by atomic mass is 16.6. The molecule has 1 saturated heterocycles. The average Bonchev–Trinajstić information content (AvgIpc) is 2.94. The third-order valence-electron chi connectivity index (χ3n) is 3.84. The summed E-state index contributed by atoms with van der Waals surface area (Å²) in [4.78, 5) is 18.0. The fraction of sp³-hybridized carbons (Fsp3) is 0.667. The zero-order chi connectivity index (χ0) is 16.4. The third-order valence-corrected chi connectivity index (χ3v) is 3.84. The number of nitrogens with zero attached hydrogens (tertiary/aromatic N) is 4. The van der Waals surface area contributed by atoms with Crippen LogP contribution in [0.3, 0.4) is 0 Å². The van der Waals surface area contributed by atoms with E-state index >= 15 is 0 Å². The second-order valence-electron chi connectivity index (χ2n) is 6.81. The molecule has 3 rings (SSSR count). The van der Waals surface area contributed by atoms with Gasteiger partial charge < -0.3 is 19.7 Å². The van der Waals surface area contributed by atoms with Gasteiger partial charge in [0.05, 0.1) is 11.9 Å². The van der Waals surface area contributed by atoms with E-state index in [1.807, 2.05) is 20.8 Å². The van der Waals surface area contributed by atoms with Crippen LogP contribution in [-0.4, -0.2) is 56.2 Å². The summed E-state index contributed by atoms with van der Waals surface area (Å²) >= 11 is 0. The molecule has 8 nitrogen and oxygen atoms in total. The molecule has 3 heterocycles. The number of aliphatic hydroxyl groups excluding tert-OH is 1. The number of nitrogens with one attached hydrogen (secondary N) is 2. The predicted octanol–water partition coefficient (Wildman–Crippen LogP) is 1.00. The molecule has 2 aromatic heterocycles. The number of aromatic nitrogens is 4. The first-order valence-electron chi connectivity index (χ1n) is 7.93. The van der Waals surface area contributed by atoms with Crippen molar-refractivity contribution >= 4 is 17.0 Å². The normalized spacial score (nSPS) is 18.5. The Hall–Kier alpha value is -1.77. The van der Waals surface area contributed by atoms with Gasteiger partial charge in [0.15, 0.2) is 11.5 Å². The monoisotopic (exact) mass is 320 g/mol. The van der Waals surface area contributed by atoms with E-state index in [-0.39, 0.29) is 11.6 Å².